The molecule has 0 aromatic heterocycles. The molecule has 3 unspecified atom stereocenters. The fourth-order valence-electron chi connectivity index (χ4n) is 6.75. The van der Waals surface area contributed by atoms with E-state index in [2.05, 4.69) is 31.3 Å². The molecule has 1 amide bonds. The first-order valence-electron chi connectivity index (χ1n) is 21.5. The second-order valence-electron chi connectivity index (χ2n) is 14.9. The molecule has 286 valence electrons. The Morgan fingerprint density at radius 1 is 0.500 bits per heavy atom. The molecule has 0 saturated heterocycles. The number of allylic oxidation sites excluding steroid dienone is 2. The summed E-state index contributed by atoms with van der Waals surface area (Å²) in [6.07, 6.45) is 44.5. The van der Waals surface area contributed by atoms with Gasteiger partial charge in [0, 0.05) is 6.42 Å². The molecule has 0 saturated carbocycles. The summed E-state index contributed by atoms with van der Waals surface area (Å²) in [5, 5.41) is 33.5. The summed E-state index contributed by atoms with van der Waals surface area (Å²) in [5.74, 6) is -0.147. The topological polar surface area (TPSA) is 89.8 Å². The van der Waals surface area contributed by atoms with Crippen LogP contribution in [0.25, 0.3) is 0 Å². The standard InChI is InChI=1S/C43H85NO4/c1-3-5-7-9-11-13-15-17-19-20-21-22-24-26-28-30-32-34-36-38-42(47)44-40(39-45)43(48)41(46)37-35-33-31-29-27-25-23-18-16-14-12-10-8-6-4-2/h20-21,40-41,43,45-46,48H,3-19,22-39H2,1-2H3,(H,44,47)/b21-20-. The lowest BCUT2D eigenvalue weighted by Gasteiger charge is -2.26. The summed E-state index contributed by atoms with van der Waals surface area (Å²) in [7, 11) is 0. The Morgan fingerprint density at radius 3 is 1.21 bits per heavy atom. The van der Waals surface area contributed by atoms with E-state index in [9.17, 15) is 20.1 Å². The van der Waals surface area contributed by atoms with Crippen molar-refractivity contribution < 1.29 is 20.1 Å². The summed E-state index contributed by atoms with van der Waals surface area (Å²) < 4.78 is 0. The van der Waals surface area contributed by atoms with Gasteiger partial charge < -0.3 is 20.6 Å². The highest BCUT2D eigenvalue weighted by molar-refractivity contribution is 5.76. The first-order chi connectivity index (χ1) is 23.6. The van der Waals surface area contributed by atoms with Gasteiger partial charge in [-0.2, -0.15) is 0 Å². The van der Waals surface area contributed by atoms with Crippen LogP contribution >= 0.6 is 0 Å². The van der Waals surface area contributed by atoms with Gasteiger partial charge in [0.05, 0.1) is 18.8 Å². The minimum atomic E-state index is -1.13. The minimum absolute atomic E-state index is 0.147. The van der Waals surface area contributed by atoms with Gasteiger partial charge in [0.25, 0.3) is 0 Å². The highest BCUT2D eigenvalue weighted by atomic mass is 16.3. The molecule has 5 heteroatoms. The average Bonchev–Trinajstić information content (AvgIpc) is 3.09. The van der Waals surface area contributed by atoms with Gasteiger partial charge in [-0.05, 0) is 38.5 Å². The van der Waals surface area contributed by atoms with Crippen molar-refractivity contribution in [3.8, 4) is 0 Å². The van der Waals surface area contributed by atoms with E-state index in [1.165, 1.54) is 167 Å². The van der Waals surface area contributed by atoms with E-state index in [0.29, 0.717) is 12.8 Å². The highest BCUT2D eigenvalue weighted by Gasteiger charge is 2.26. The first kappa shape index (κ1) is 47.1. The van der Waals surface area contributed by atoms with Gasteiger partial charge in [-0.25, -0.2) is 0 Å². The van der Waals surface area contributed by atoms with Crippen LogP contribution < -0.4 is 5.32 Å². The molecule has 5 nitrogen and oxygen atoms in total. The largest absolute Gasteiger partial charge is 0.394 e. The number of hydrogen-bond acceptors (Lipinski definition) is 4. The van der Waals surface area contributed by atoms with Crippen LogP contribution in [-0.4, -0.2) is 46.1 Å². The minimum Gasteiger partial charge on any atom is -0.394 e. The van der Waals surface area contributed by atoms with Gasteiger partial charge in [0.15, 0.2) is 0 Å². The van der Waals surface area contributed by atoms with Crippen molar-refractivity contribution in [1.29, 1.82) is 0 Å². The van der Waals surface area contributed by atoms with Gasteiger partial charge in [-0.15, -0.1) is 0 Å². The lowest BCUT2D eigenvalue weighted by atomic mass is 9.99. The van der Waals surface area contributed by atoms with Gasteiger partial charge in [-0.3, -0.25) is 4.79 Å². The van der Waals surface area contributed by atoms with E-state index in [4.69, 9.17) is 0 Å². The first-order valence-corrected chi connectivity index (χ1v) is 21.5. The number of carbonyl (C=O) groups excluding carboxylic acids is 1. The number of unbranched alkanes of at least 4 members (excludes halogenated alkanes) is 29. The van der Waals surface area contributed by atoms with Crippen molar-refractivity contribution in [2.45, 2.75) is 250 Å². The number of hydrogen-bond donors (Lipinski definition) is 4. The van der Waals surface area contributed by atoms with Crippen molar-refractivity contribution in [1.82, 2.24) is 5.32 Å². The predicted molar refractivity (Wildman–Crippen MR) is 208 cm³/mol. The van der Waals surface area contributed by atoms with Crippen molar-refractivity contribution in [3.05, 3.63) is 12.2 Å². The zero-order chi connectivity index (χ0) is 35.2. The number of nitrogens with one attached hydrogen (secondary N) is 1. The van der Waals surface area contributed by atoms with Crippen LogP contribution in [0.5, 0.6) is 0 Å². The van der Waals surface area contributed by atoms with Crippen molar-refractivity contribution >= 4 is 5.91 Å². The summed E-state index contributed by atoms with van der Waals surface area (Å²) in [6.45, 7) is 4.18. The highest BCUT2D eigenvalue weighted by Crippen LogP contribution is 2.16. The third-order valence-corrected chi connectivity index (χ3v) is 10.1. The summed E-state index contributed by atoms with van der Waals surface area (Å²) in [5.41, 5.74) is 0. The molecule has 0 aliphatic rings. The number of aliphatic hydroxyl groups excluding tert-OH is 3. The smallest absolute Gasteiger partial charge is 0.220 e. The van der Waals surface area contributed by atoms with Crippen LogP contribution in [0, 0.1) is 0 Å². The molecule has 0 radical (unpaired) electrons. The summed E-state index contributed by atoms with van der Waals surface area (Å²) in [4.78, 5) is 12.4. The van der Waals surface area contributed by atoms with Crippen molar-refractivity contribution in [3.63, 3.8) is 0 Å². The van der Waals surface area contributed by atoms with Gasteiger partial charge >= 0.3 is 0 Å². The third kappa shape index (κ3) is 33.6. The SMILES string of the molecule is CCCCCCCCCC/C=C\CCCCCCCCCC(=O)NC(CO)C(O)C(O)CCCCCCCCCCCCCCCCC. The predicted octanol–water partition coefficient (Wildman–Crippen LogP) is 12.0. The molecule has 4 N–H and O–H groups in total. The fourth-order valence-corrected chi connectivity index (χ4v) is 6.75. The summed E-state index contributed by atoms with van der Waals surface area (Å²) >= 11 is 0. The van der Waals surface area contributed by atoms with Gasteiger partial charge in [-0.1, -0.05) is 199 Å². The van der Waals surface area contributed by atoms with E-state index >= 15 is 0 Å². The Labute approximate surface area is 299 Å². The average molecular weight is 680 g/mol. The van der Waals surface area contributed by atoms with Crippen LogP contribution in [-0.2, 0) is 4.79 Å². The molecule has 0 aliphatic carbocycles. The molecule has 3 atom stereocenters. The normalized spacial score (nSPS) is 13.7. The number of aliphatic hydroxyl groups is 3. The number of amides is 1. The molecule has 0 aromatic carbocycles. The molecule has 48 heavy (non-hydrogen) atoms. The van der Waals surface area contributed by atoms with Crippen LogP contribution in [0.2, 0.25) is 0 Å². The van der Waals surface area contributed by atoms with Crippen LogP contribution in [0.1, 0.15) is 232 Å². The molecule has 0 aromatic rings. The maximum absolute atomic E-state index is 12.4. The third-order valence-electron chi connectivity index (χ3n) is 10.1. The lowest BCUT2D eigenvalue weighted by molar-refractivity contribution is -0.124. The second kappa shape index (κ2) is 38.9. The molecule has 0 spiro atoms. The van der Waals surface area contributed by atoms with E-state index < -0.39 is 18.2 Å². The van der Waals surface area contributed by atoms with Gasteiger partial charge in [0.1, 0.15) is 6.10 Å². The maximum atomic E-state index is 12.4. The van der Waals surface area contributed by atoms with Crippen LogP contribution in [0.15, 0.2) is 12.2 Å². The quantitative estimate of drug-likeness (QED) is 0.0384. The molecule has 0 rings (SSSR count). The summed E-state index contributed by atoms with van der Waals surface area (Å²) in [6, 6.07) is -0.807. The van der Waals surface area contributed by atoms with Gasteiger partial charge in [0.2, 0.25) is 5.91 Å². The maximum Gasteiger partial charge on any atom is 0.220 e. The lowest BCUT2D eigenvalue weighted by Crippen LogP contribution is -2.50. The zero-order valence-electron chi connectivity index (χ0n) is 32.4. The number of carbonyl (C=O) groups is 1. The molecular weight excluding hydrogens is 594 g/mol. The Hall–Kier alpha value is -0.910. The molecular formula is C43H85NO4. The second-order valence-corrected chi connectivity index (χ2v) is 14.9. The molecule has 0 aliphatic heterocycles. The number of rotatable bonds is 39. The Morgan fingerprint density at radius 2 is 0.833 bits per heavy atom. The van der Waals surface area contributed by atoms with Crippen LogP contribution in [0.4, 0.5) is 0 Å². The van der Waals surface area contributed by atoms with Crippen LogP contribution in [0.3, 0.4) is 0 Å². The van der Waals surface area contributed by atoms with Crippen molar-refractivity contribution in [2.75, 3.05) is 6.61 Å². The van der Waals surface area contributed by atoms with Crippen molar-refractivity contribution in [2.24, 2.45) is 0 Å². The zero-order valence-corrected chi connectivity index (χ0v) is 32.4. The van der Waals surface area contributed by atoms with E-state index in [-0.39, 0.29) is 12.5 Å². The molecule has 0 heterocycles. The van der Waals surface area contributed by atoms with E-state index in [1.807, 2.05) is 0 Å². The monoisotopic (exact) mass is 680 g/mol. The van der Waals surface area contributed by atoms with E-state index in [1.54, 1.807) is 0 Å². The van der Waals surface area contributed by atoms with E-state index in [0.717, 1.165) is 38.5 Å². The molecule has 0 fully saturated rings. The Balaban J connectivity index is 3.63. The Bertz CT molecular complexity index is 669. The fraction of sp³-hybridized carbons (Fsp3) is 0.930. The Kier molecular flexibility index (Phi) is 38.1. The molecule has 0 bridgehead atoms.